The van der Waals surface area contributed by atoms with E-state index >= 15 is 0 Å². The molecule has 7 nitrogen and oxygen atoms in total. The summed E-state index contributed by atoms with van der Waals surface area (Å²) in [5.74, 6) is 3.12. The molecule has 0 amide bonds. The number of hydrogen-bond acceptors (Lipinski definition) is 7. The molecule has 1 aliphatic heterocycles. The van der Waals surface area contributed by atoms with E-state index in [1.54, 1.807) is 45.2 Å². The van der Waals surface area contributed by atoms with Gasteiger partial charge in [0.25, 0.3) is 5.56 Å². The van der Waals surface area contributed by atoms with Gasteiger partial charge in [-0.3, -0.25) is 9.36 Å². The van der Waals surface area contributed by atoms with Crippen LogP contribution in [0.25, 0.3) is 6.08 Å². The maximum absolute atomic E-state index is 13.7. The number of carbonyl (C=O) groups excluding carboxylic acids is 1. The number of rotatable bonds is 7. The molecule has 1 aromatic heterocycles. The zero-order valence-corrected chi connectivity index (χ0v) is 20.4. The van der Waals surface area contributed by atoms with E-state index in [2.05, 4.69) is 10.9 Å². The van der Waals surface area contributed by atoms with Crippen LogP contribution in [0.5, 0.6) is 11.5 Å². The van der Waals surface area contributed by atoms with E-state index in [1.807, 2.05) is 30.3 Å². The van der Waals surface area contributed by atoms with Crippen molar-refractivity contribution in [2.24, 2.45) is 4.99 Å². The number of methoxy groups -OCH3 is 1. The quantitative estimate of drug-likeness (QED) is 0.378. The van der Waals surface area contributed by atoms with Gasteiger partial charge in [0.15, 0.2) is 4.80 Å². The molecule has 0 bridgehead atoms. The fraction of sp³-hybridized carbons (Fsp3) is 0.222. The lowest BCUT2D eigenvalue weighted by Gasteiger charge is -2.25. The van der Waals surface area contributed by atoms with Gasteiger partial charge in [-0.2, -0.15) is 0 Å². The zero-order chi connectivity index (χ0) is 24.9. The van der Waals surface area contributed by atoms with Crippen LogP contribution in [0.4, 0.5) is 0 Å². The van der Waals surface area contributed by atoms with Crippen LogP contribution in [-0.4, -0.2) is 30.9 Å². The number of nitrogens with zero attached hydrogens (tertiary/aromatic N) is 2. The first kappa shape index (κ1) is 24.0. The second-order valence-corrected chi connectivity index (χ2v) is 8.62. The average Bonchev–Trinajstić information content (AvgIpc) is 3.17. The summed E-state index contributed by atoms with van der Waals surface area (Å²) >= 11 is 1.26. The standard InChI is InChI=1S/C27H24N2O5S/c1-5-15-34-19-13-11-18(12-14-19)16-22-25(30)29-24(20-9-7-8-10-21(20)32-4)23(26(31)33-6-2)17(3)28-27(29)35-22/h1,7-14,16,24H,6,15H2,2-4H3/b22-16+. The summed E-state index contributed by atoms with van der Waals surface area (Å²) in [6.07, 6.45) is 7.02. The van der Waals surface area contributed by atoms with Crippen molar-refractivity contribution in [3.05, 3.63) is 90.6 Å². The van der Waals surface area contributed by atoms with E-state index in [0.29, 0.717) is 37.7 Å². The molecule has 35 heavy (non-hydrogen) atoms. The SMILES string of the molecule is C#CCOc1ccc(/C=c2/sc3n(c2=O)C(c2ccccc2OC)C(C(=O)OCC)=C(C)N=3)cc1. The minimum atomic E-state index is -0.733. The summed E-state index contributed by atoms with van der Waals surface area (Å²) in [4.78, 5) is 31.7. The van der Waals surface area contributed by atoms with Crippen molar-refractivity contribution in [2.75, 3.05) is 20.3 Å². The number of benzene rings is 2. The summed E-state index contributed by atoms with van der Waals surface area (Å²) in [5, 5.41) is 0. The van der Waals surface area contributed by atoms with E-state index in [4.69, 9.17) is 20.6 Å². The number of aromatic nitrogens is 1. The van der Waals surface area contributed by atoms with Crippen LogP contribution in [0.3, 0.4) is 0 Å². The molecule has 8 heteroatoms. The third-order valence-electron chi connectivity index (χ3n) is 5.45. The number of para-hydroxylation sites is 1. The molecule has 1 aliphatic rings. The molecule has 4 rings (SSSR count). The van der Waals surface area contributed by atoms with Crippen molar-refractivity contribution >= 4 is 23.4 Å². The van der Waals surface area contributed by atoms with Crippen LogP contribution >= 0.6 is 11.3 Å². The molecule has 178 valence electrons. The van der Waals surface area contributed by atoms with Gasteiger partial charge in [0.1, 0.15) is 24.1 Å². The van der Waals surface area contributed by atoms with E-state index in [0.717, 1.165) is 5.56 Å². The van der Waals surface area contributed by atoms with Crippen LogP contribution in [0, 0.1) is 12.3 Å². The molecule has 0 aliphatic carbocycles. The predicted octanol–water partition coefficient (Wildman–Crippen LogP) is 2.82. The lowest BCUT2D eigenvalue weighted by Crippen LogP contribution is -2.40. The number of hydrogen-bond donors (Lipinski definition) is 0. The Labute approximate surface area is 206 Å². The van der Waals surface area contributed by atoms with Crippen molar-refractivity contribution in [3.8, 4) is 23.8 Å². The van der Waals surface area contributed by atoms with E-state index in [1.165, 1.54) is 15.9 Å². The van der Waals surface area contributed by atoms with Gasteiger partial charge in [0.2, 0.25) is 0 Å². The van der Waals surface area contributed by atoms with Crippen molar-refractivity contribution in [2.45, 2.75) is 19.9 Å². The highest BCUT2D eigenvalue weighted by Gasteiger charge is 2.34. The Kier molecular flexibility index (Phi) is 7.18. The highest BCUT2D eigenvalue weighted by Crippen LogP contribution is 2.35. The second-order valence-electron chi connectivity index (χ2n) is 7.61. The number of allylic oxidation sites excluding steroid dienone is 1. The minimum Gasteiger partial charge on any atom is -0.496 e. The molecular weight excluding hydrogens is 464 g/mol. The van der Waals surface area contributed by atoms with Gasteiger partial charge >= 0.3 is 5.97 Å². The Bertz CT molecular complexity index is 1510. The van der Waals surface area contributed by atoms with E-state index < -0.39 is 12.0 Å². The predicted molar refractivity (Wildman–Crippen MR) is 134 cm³/mol. The van der Waals surface area contributed by atoms with Crippen molar-refractivity contribution in [1.82, 2.24) is 4.57 Å². The Balaban J connectivity index is 1.88. The number of terminal acetylenes is 1. The van der Waals surface area contributed by atoms with Gasteiger partial charge in [-0.1, -0.05) is 47.6 Å². The third kappa shape index (κ3) is 4.77. The van der Waals surface area contributed by atoms with Crippen LogP contribution in [0.1, 0.15) is 31.0 Å². The monoisotopic (exact) mass is 488 g/mol. The lowest BCUT2D eigenvalue weighted by atomic mass is 9.95. The highest BCUT2D eigenvalue weighted by atomic mass is 32.1. The summed E-state index contributed by atoms with van der Waals surface area (Å²) in [6, 6.07) is 13.9. The maximum Gasteiger partial charge on any atom is 0.338 e. The van der Waals surface area contributed by atoms with Gasteiger partial charge in [-0.15, -0.1) is 6.42 Å². The zero-order valence-electron chi connectivity index (χ0n) is 19.6. The van der Waals surface area contributed by atoms with Crippen molar-refractivity contribution in [3.63, 3.8) is 0 Å². The van der Waals surface area contributed by atoms with Gasteiger partial charge in [-0.05, 0) is 43.7 Å². The molecule has 0 fully saturated rings. The molecule has 2 aromatic carbocycles. The molecule has 0 radical (unpaired) electrons. The normalized spacial score (nSPS) is 15.1. The largest absolute Gasteiger partial charge is 0.496 e. The number of carbonyl (C=O) groups is 1. The fourth-order valence-corrected chi connectivity index (χ4v) is 4.96. The van der Waals surface area contributed by atoms with Gasteiger partial charge in [-0.25, -0.2) is 9.79 Å². The third-order valence-corrected chi connectivity index (χ3v) is 6.43. The summed E-state index contributed by atoms with van der Waals surface area (Å²) in [6.45, 7) is 3.88. The van der Waals surface area contributed by atoms with Gasteiger partial charge in [0, 0.05) is 5.56 Å². The smallest absolute Gasteiger partial charge is 0.338 e. The fourth-order valence-electron chi connectivity index (χ4n) is 3.91. The van der Waals surface area contributed by atoms with Crippen LogP contribution in [0.2, 0.25) is 0 Å². The summed E-state index contributed by atoms with van der Waals surface area (Å²) < 4.78 is 18.3. The summed E-state index contributed by atoms with van der Waals surface area (Å²) in [7, 11) is 1.56. The Morgan fingerprint density at radius 2 is 1.97 bits per heavy atom. The Morgan fingerprint density at radius 3 is 2.66 bits per heavy atom. The summed E-state index contributed by atoms with van der Waals surface area (Å²) in [5.41, 5.74) is 2.05. The number of fused-ring (bicyclic) bond motifs is 1. The first-order valence-electron chi connectivity index (χ1n) is 11.0. The first-order chi connectivity index (χ1) is 17.0. The molecule has 1 unspecified atom stereocenters. The molecule has 0 saturated carbocycles. The molecule has 0 spiro atoms. The van der Waals surface area contributed by atoms with Gasteiger partial charge in [0.05, 0.1) is 29.5 Å². The molecule has 0 N–H and O–H groups in total. The maximum atomic E-state index is 13.7. The number of thiazole rings is 1. The second kappa shape index (κ2) is 10.5. The number of esters is 1. The number of ether oxygens (including phenoxy) is 3. The molecule has 2 heterocycles. The van der Waals surface area contributed by atoms with Crippen molar-refractivity contribution < 1.29 is 19.0 Å². The lowest BCUT2D eigenvalue weighted by molar-refractivity contribution is -0.139. The highest BCUT2D eigenvalue weighted by molar-refractivity contribution is 7.07. The molecule has 3 aromatic rings. The van der Waals surface area contributed by atoms with Crippen molar-refractivity contribution in [1.29, 1.82) is 0 Å². The van der Waals surface area contributed by atoms with E-state index in [-0.39, 0.29) is 18.8 Å². The minimum absolute atomic E-state index is 0.184. The molecule has 0 saturated heterocycles. The van der Waals surface area contributed by atoms with Crippen LogP contribution in [-0.2, 0) is 9.53 Å². The van der Waals surface area contributed by atoms with E-state index in [9.17, 15) is 9.59 Å². The topological polar surface area (TPSA) is 79.1 Å². The van der Waals surface area contributed by atoms with Crippen LogP contribution < -0.4 is 24.4 Å². The van der Waals surface area contributed by atoms with Gasteiger partial charge < -0.3 is 14.2 Å². The Morgan fingerprint density at radius 1 is 1.23 bits per heavy atom. The Hall–Kier alpha value is -4.09. The molecule has 1 atom stereocenters. The van der Waals surface area contributed by atoms with Crippen LogP contribution in [0.15, 0.2) is 69.6 Å². The average molecular weight is 489 g/mol. The first-order valence-corrected chi connectivity index (χ1v) is 11.8. The molecular formula is C27H24N2O5S.